The number of nitrogens with one attached hydrogen (secondary N) is 1. The molecule has 0 saturated carbocycles. The normalized spacial score (nSPS) is 22.5. The maximum absolute atomic E-state index is 9.69. The molecule has 2 saturated heterocycles. The maximum Gasteiger partial charge on any atom is 0.194 e. The van der Waals surface area contributed by atoms with Crippen molar-refractivity contribution in [3.8, 4) is 0 Å². The van der Waals surface area contributed by atoms with Gasteiger partial charge in [0.15, 0.2) is 5.96 Å². The van der Waals surface area contributed by atoms with E-state index in [1.54, 1.807) is 6.26 Å². The van der Waals surface area contributed by atoms with Crippen LogP contribution in [0, 0.1) is 0 Å². The molecule has 1 atom stereocenters. The summed E-state index contributed by atoms with van der Waals surface area (Å²) in [4.78, 5) is 7.01. The van der Waals surface area contributed by atoms with Crippen LogP contribution in [0.25, 0.3) is 0 Å². The topological polar surface area (TPSA) is 70.2 Å². The highest BCUT2D eigenvalue weighted by Crippen LogP contribution is 2.13. The molecular formula is C17H28IN3O3. The summed E-state index contributed by atoms with van der Waals surface area (Å²) >= 11 is 0. The van der Waals surface area contributed by atoms with Crippen LogP contribution in [0.5, 0.6) is 0 Å². The Morgan fingerprint density at radius 1 is 1.33 bits per heavy atom. The molecule has 1 aromatic rings. The van der Waals surface area contributed by atoms with Gasteiger partial charge in [-0.15, -0.1) is 24.0 Å². The van der Waals surface area contributed by atoms with Crippen molar-refractivity contribution < 1.29 is 14.3 Å². The average molecular weight is 449 g/mol. The van der Waals surface area contributed by atoms with Gasteiger partial charge in [0.05, 0.1) is 25.0 Å². The number of likely N-dealkylation sites (tertiary alicyclic amines) is 1. The summed E-state index contributed by atoms with van der Waals surface area (Å²) in [7, 11) is 0. The van der Waals surface area contributed by atoms with Gasteiger partial charge < -0.3 is 24.5 Å². The SMILES string of the molecule is I.OC1CCN(C(=NCC2CCCO2)NCCc2ccco2)CC1. The molecule has 0 amide bonds. The van der Waals surface area contributed by atoms with Crippen LogP contribution in [0.1, 0.15) is 31.4 Å². The van der Waals surface area contributed by atoms with Gasteiger partial charge in [-0.2, -0.15) is 0 Å². The molecule has 6 nitrogen and oxygen atoms in total. The van der Waals surface area contributed by atoms with Crippen molar-refractivity contribution in [3.63, 3.8) is 0 Å². The van der Waals surface area contributed by atoms with Crippen molar-refractivity contribution in [1.29, 1.82) is 0 Å². The molecule has 136 valence electrons. The minimum absolute atomic E-state index is 0. The number of rotatable bonds is 5. The molecule has 0 aromatic carbocycles. The molecule has 3 heterocycles. The number of ether oxygens (including phenoxy) is 1. The van der Waals surface area contributed by atoms with Crippen LogP contribution >= 0.6 is 24.0 Å². The molecular weight excluding hydrogens is 421 g/mol. The van der Waals surface area contributed by atoms with E-state index in [-0.39, 0.29) is 36.2 Å². The van der Waals surface area contributed by atoms with Gasteiger partial charge in [0.2, 0.25) is 0 Å². The van der Waals surface area contributed by atoms with Crippen molar-refractivity contribution >= 4 is 29.9 Å². The largest absolute Gasteiger partial charge is 0.469 e. The van der Waals surface area contributed by atoms with Crippen LogP contribution in [-0.2, 0) is 11.2 Å². The van der Waals surface area contributed by atoms with E-state index in [0.717, 1.165) is 70.1 Å². The first kappa shape index (κ1) is 19.5. The van der Waals surface area contributed by atoms with Crippen molar-refractivity contribution in [2.75, 3.05) is 32.8 Å². The lowest BCUT2D eigenvalue weighted by molar-refractivity contribution is 0.106. The highest BCUT2D eigenvalue weighted by Gasteiger charge is 2.21. The fourth-order valence-electron chi connectivity index (χ4n) is 3.07. The lowest BCUT2D eigenvalue weighted by Gasteiger charge is -2.32. The predicted molar refractivity (Wildman–Crippen MR) is 104 cm³/mol. The van der Waals surface area contributed by atoms with Gasteiger partial charge in [-0.25, -0.2) is 0 Å². The first-order valence-corrected chi connectivity index (χ1v) is 8.66. The monoisotopic (exact) mass is 449 g/mol. The van der Waals surface area contributed by atoms with Crippen LogP contribution in [-0.4, -0.2) is 61.0 Å². The molecule has 2 aliphatic rings. The van der Waals surface area contributed by atoms with Gasteiger partial charge in [-0.3, -0.25) is 4.99 Å². The Morgan fingerprint density at radius 2 is 2.17 bits per heavy atom. The van der Waals surface area contributed by atoms with Gasteiger partial charge >= 0.3 is 0 Å². The Labute approximate surface area is 160 Å². The first-order chi connectivity index (χ1) is 11.3. The standard InChI is InChI=1S/C17H27N3O3.HI/c21-14-6-9-20(10-7-14)17(19-13-16-4-2-12-23-16)18-8-5-15-3-1-11-22-15;/h1,3,11,14,16,21H,2,4-10,12-13H2,(H,18,19);1H. The summed E-state index contributed by atoms with van der Waals surface area (Å²) in [5.74, 6) is 1.91. The zero-order valence-electron chi connectivity index (χ0n) is 14.0. The van der Waals surface area contributed by atoms with E-state index < -0.39 is 0 Å². The number of hydrogen-bond donors (Lipinski definition) is 2. The predicted octanol–water partition coefficient (Wildman–Crippen LogP) is 2.02. The smallest absolute Gasteiger partial charge is 0.194 e. The minimum Gasteiger partial charge on any atom is -0.469 e. The zero-order chi connectivity index (χ0) is 15.9. The molecule has 2 aliphatic heterocycles. The summed E-state index contributed by atoms with van der Waals surface area (Å²) < 4.78 is 11.0. The number of halogens is 1. The number of furan rings is 1. The van der Waals surface area contributed by atoms with Crippen LogP contribution in [0.15, 0.2) is 27.8 Å². The van der Waals surface area contributed by atoms with Gasteiger partial charge in [0, 0.05) is 32.7 Å². The Hall–Kier alpha value is -0.800. The number of piperidine rings is 1. The molecule has 1 aromatic heterocycles. The Kier molecular flexibility index (Phi) is 8.34. The Balaban J connectivity index is 0.00000208. The maximum atomic E-state index is 9.69. The summed E-state index contributed by atoms with van der Waals surface area (Å²) in [5.41, 5.74) is 0. The van der Waals surface area contributed by atoms with Gasteiger partial charge in [0.25, 0.3) is 0 Å². The Bertz CT molecular complexity index is 481. The van der Waals surface area contributed by atoms with Crippen LogP contribution in [0.3, 0.4) is 0 Å². The summed E-state index contributed by atoms with van der Waals surface area (Å²) in [6.07, 6.45) is 6.47. The van der Waals surface area contributed by atoms with Crippen molar-refractivity contribution in [3.05, 3.63) is 24.2 Å². The van der Waals surface area contributed by atoms with Gasteiger partial charge in [-0.05, 0) is 37.8 Å². The number of aliphatic hydroxyl groups is 1. The molecule has 0 spiro atoms. The number of aliphatic imine (C=N–C) groups is 1. The fourth-order valence-corrected chi connectivity index (χ4v) is 3.07. The minimum atomic E-state index is -0.172. The summed E-state index contributed by atoms with van der Waals surface area (Å²) in [6, 6.07) is 3.90. The van der Waals surface area contributed by atoms with Gasteiger partial charge in [0.1, 0.15) is 5.76 Å². The van der Waals surface area contributed by atoms with Crippen LogP contribution in [0.4, 0.5) is 0 Å². The van der Waals surface area contributed by atoms with Crippen LogP contribution in [0.2, 0.25) is 0 Å². The molecule has 24 heavy (non-hydrogen) atoms. The molecule has 3 rings (SSSR count). The second-order valence-corrected chi connectivity index (χ2v) is 6.27. The number of nitrogens with zero attached hydrogens (tertiary/aromatic N) is 2. The molecule has 0 aliphatic carbocycles. The van der Waals surface area contributed by atoms with E-state index >= 15 is 0 Å². The second kappa shape index (κ2) is 10.2. The van der Waals surface area contributed by atoms with E-state index in [2.05, 4.69) is 10.2 Å². The molecule has 1 unspecified atom stereocenters. The highest BCUT2D eigenvalue weighted by molar-refractivity contribution is 14.0. The second-order valence-electron chi connectivity index (χ2n) is 6.27. The van der Waals surface area contributed by atoms with E-state index in [0.29, 0.717) is 6.54 Å². The number of aliphatic hydroxyl groups excluding tert-OH is 1. The molecule has 2 fully saturated rings. The van der Waals surface area contributed by atoms with E-state index in [1.807, 2.05) is 12.1 Å². The molecule has 0 bridgehead atoms. The number of hydrogen-bond acceptors (Lipinski definition) is 4. The third-order valence-corrected chi connectivity index (χ3v) is 4.47. The van der Waals surface area contributed by atoms with Crippen molar-refractivity contribution in [2.24, 2.45) is 4.99 Å². The third-order valence-electron chi connectivity index (χ3n) is 4.47. The van der Waals surface area contributed by atoms with E-state index in [1.165, 1.54) is 0 Å². The lowest BCUT2D eigenvalue weighted by Crippen LogP contribution is -2.47. The van der Waals surface area contributed by atoms with Crippen molar-refractivity contribution in [2.45, 2.75) is 44.3 Å². The number of guanidine groups is 1. The molecule has 0 radical (unpaired) electrons. The fraction of sp³-hybridized carbons (Fsp3) is 0.706. The van der Waals surface area contributed by atoms with E-state index in [9.17, 15) is 5.11 Å². The van der Waals surface area contributed by atoms with Crippen LogP contribution < -0.4 is 5.32 Å². The third kappa shape index (κ3) is 5.93. The molecule has 7 heteroatoms. The summed E-state index contributed by atoms with van der Waals surface area (Å²) in [6.45, 7) is 4.05. The van der Waals surface area contributed by atoms with Crippen molar-refractivity contribution in [1.82, 2.24) is 10.2 Å². The zero-order valence-corrected chi connectivity index (χ0v) is 16.4. The van der Waals surface area contributed by atoms with Gasteiger partial charge in [-0.1, -0.05) is 0 Å². The average Bonchev–Trinajstić information content (AvgIpc) is 3.25. The van der Waals surface area contributed by atoms with E-state index in [4.69, 9.17) is 14.1 Å². The summed E-state index contributed by atoms with van der Waals surface area (Å²) in [5, 5.41) is 13.1. The lowest BCUT2D eigenvalue weighted by atomic mass is 10.1. The molecule has 2 N–H and O–H groups in total. The highest BCUT2D eigenvalue weighted by atomic mass is 127. The quantitative estimate of drug-likeness (QED) is 0.409. The Morgan fingerprint density at radius 3 is 2.83 bits per heavy atom. The first-order valence-electron chi connectivity index (χ1n) is 8.66.